The van der Waals surface area contributed by atoms with E-state index in [9.17, 15) is 0 Å². The number of hydrogen-bond acceptors (Lipinski definition) is 3. The van der Waals surface area contributed by atoms with Crippen LogP contribution in [0.3, 0.4) is 0 Å². The van der Waals surface area contributed by atoms with E-state index < -0.39 is 0 Å². The van der Waals surface area contributed by atoms with Crippen LogP contribution in [0.25, 0.3) is 0 Å². The van der Waals surface area contributed by atoms with E-state index in [0.29, 0.717) is 11.5 Å². The average molecular weight is 366 g/mol. The summed E-state index contributed by atoms with van der Waals surface area (Å²) in [5.41, 5.74) is 0.395. The third-order valence-corrected chi connectivity index (χ3v) is 6.23. The minimum absolute atomic E-state index is 0.395. The van der Waals surface area contributed by atoms with Crippen LogP contribution in [0.1, 0.15) is 71.1 Å². The lowest BCUT2D eigenvalue weighted by atomic mass is 9.87. The zero-order chi connectivity index (χ0) is 18.1. The van der Waals surface area contributed by atoms with Crippen LogP contribution in [0.15, 0.2) is 4.99 Å². The van der Waals surface area contributed by atoms with Gasteiger partial charge in [0.05, 0.1) is 12.7 Å². The Morgan fingerprint density at radius 2 is 2.08 bits per heavy atom. The van der Waals surface area contributed by atoms with Crippen molar-refractivity contribution in [2.24, 2.45) is 10.4 Å². The molecule has 1 unspecified atom stereocenters. The van der Waals surface area contributed by atoms with Gasteiger partial charge in [-0.1, -0.05) is 19.3 Å². The van der Waals surface area contributed by atoms with Gasteiger partial charge < -0.3 is 19.7 Å². The van der Waals surface area contributed by atoms with Gasteiger partial charge in [0.25, 0.3) is 0 Å². The molecule has 3 aliphatic rings. The molecule has 0 bridgehead atoms. The maximum atomic E-state index is 6.02. The SMILES string of the molecule is CCNC(=NCCCCCOC1CCCCC1)N1CCC2(CCOC2)C1. The standard InChI is InChI=1S/C21H39N3O2/c1-2-22-20(24-14-11-21(17-24)12-16-25-18-21)23-13-7-4-8-15-26-19-9-5-3-6-10-19/h19H,2-18H2,1H3,(H,22,23). The van der Waals surface area contributed by atoms with E-state index in [1.165, 1.54) is 57.8 Å². The first-order valence-electron chi connectivity index (χ1n) is 11.0. The van der Waals surface area contributed by atoms with Gasteiger partial charge in [-0.15, -0.1) is 0 Å². The lowest BCUT2D eigenvalue weighted by Crippen LogP contribution is -2.41. The molecule has 2 aliphatic heterocycles. The zero-order valence-corrected chi connectivity index (χ0v) is 16.8. The van der Waals surface area contributed by atoms with E-state index >= 15 is 0 Å². The number of unbranched alkanes of at least 4 members (excludes halogenated alkanes) is 2. The summed E-state index contributed by atoms with van der Waals surface area (Å²) >= 11 is 0. The topological polar surface area (TPSA) is 46.1 Å². The highest BCUT2D eigenvalue weighted by atomic mass is 16.5. The van der Waals surface area contributed by atoms with Crippen molar-refractivity contribution in [1.29, 1.82) is 0 Å². The Balaban J connectivity index is 1.31. The summed E-state index contributed by atoms with van der Waals surface area (Å²) in [6.45, 7) is 9.04. The fourth-order valence-electron chi connectivity index (χ4n) is 4.57. The zero-order valence-electron chi connectivity index (χ0n) is 16.8. The number of rotatable bonds is 8. The maximum Gasteiger partial charge on any atom is 0.193 e. The van der Waals surface area contributed by atoms with Crippen molar-refractivity contribution in [3.05, 3.63) is 0 Å². The summed E-state index contributed by atoms with van der Waals surface area (Å²) in [5.74, 6) is 1.11. The summed E-state index contributed by atoms with van der Waals surface area (Å²) < 4.78 is 11.7. The van der Waals surface area contributed by atoms with Gasteiger partial charge in [0.1, 0.15) is 0 Å². The van der Waals surface area contributed by atoms with Crippen molar-refractivity contribution in [3.63, 3.8) is 0 Å². The van der Waals surface area contributed by atoms with Crippen molar-refractivity contribution >= 4 is 5.96 Å². The Morgan fingerprint density at radius 1 is 1.19 bits per heavy atom. The van der Waals surface area contributed by atoms with Crippen LogP contribution in [-0.2, 0) is 9.47 Å². The summed E-state index contributed by atoms with van der Waals surface area (Å²) in [5, 5.41) is 3.49. The largest absolute Gasteiger partial charge is 0.381 e. The van der Waals surface area contributed by atoms with Gasteiger partial charge in [-0.2, -0.15) is 0 Å². The third kappa shape index (κ3) is 5.85. The van der Waals surface area contributed by atoms with Crippen molar-refractivity contribution in [1.82, 2.24) is 10.2 Å². The molecule has 1 aliphatic carbocycles. The molecule has 5 nitrogen and oxygen atoms in total. The Morgan fingerprint density at radius 3 is 2.85 bits per heavy atom. The predicted octanol–water partition coefficient (Wildman–Crippen LogP) is 3.58. The number of guanidine groups is 1. The second-order valence-electron chi connectivity index (χ2n) is 8.40. The molecule has 26 heavy (non-hydrogen) atoms. The van der Waals surface area contributed by atoms with E-state index in [2.05, 4.69) is 17.1 Å². The first-order valence-corrected chi connectivity index (χ1v) is 11.0. The van der Waals surface area contributed by atoms with Gasteiger partial charge in [0.2, 0.25) is 0 Å². The highest BCUT2D eigenvalue weighted by molar-refractivity contribution is 5.80. The smallest absolute Gasteiger partial charge is 0.193 e. The van der Waals surface area contributed by atoms with Crippen molar-refractivity contribution in [2.75, 3.05) is 46.0 Å². The van der Waals surface area contributed by atoms with Crippen LogP contribution < -0.4 is 5.32 Å². The number of likely N-dealkylation sites (tertiary alicyclic amines) is 1. The molecule has 1 spiro atoms. The summed E-state index contributed by atoms with van der Waals surface area (Å²) in [6, 6.07) is 0. The van der Waals surface area contributed by atoms with E-state index in [1.807, 2.05) is 0 Å². The Hall–Kier alpha value is -0.810. The monoisotopic (exact) mass is 365 g/mol. The molecule has 0 aromatic rings. The molecular weight excluding hydrogens is 326 g/mol. The summed E-state index contributed by atoms with van der Waals surface area (Å²) in [6.07, 6.45) is 13.2. The van der Waals surface area contributed by atoms with Gasteiger partial charge in [-0.05, 0) is 51.9 Å². The molecule has 5 heteroatoms. The van der Waals surface area contributed by atoms with Crippen molar-refractivity contribution < 1.29 is 9.47 Å². The maximum absolute atomic E-state index is 6.02. The average Bonchev–Trinajstić information content (AvgIpc) is 3.31. The first kappa shape index (κ1) is 19.9. The van der Waals surface area contributed by atoms with Crippen LogP contribution >= 0.6 is 0 Å². The first-order chi connectivity index (χ1) is 12.8. The predicted molar refractivity (Wildman–Crippen MR) is 107 cm³/mol. The molecule has 1 saturated carbocycles. The molecular formula is C21H39N3O2. The van der Waals surface area contributed by atoms with E-state index in [1.54, 1.807) is 0 Å². The number of nitrogens with zero attached hydrogens (tertiary/aromatic N) is 2. The second kappa shape index (κ2) is 10.5. The van der Waals surface area contributed by atoms with Crippen molar-refractivity contribution in [3.8, 4) is 0 Å². The molecule has 1 N–H and O–H groups in total. The van der Waals surface area contributed by atoms with Gasteiger partial charge >= 0.3 is 0 Å². The molecule has 1 atom stereocenters. The van der Waals surface area contributed by atoms with E-state index in [0.717, 1.165) is 58.4 Å². The summed E-state index contributed by atoms with van der Waals surface area (Å²) in [7, 11) is 0. The Bertz CT molecular complexity index is 429. The van der Waals surface area contributed by atoms with Gasteiger partial charge in [-0.25, -0.2) is 0 Å². The lowest BCUT2D eigenvalue weighted by Gasteiger charge is -2.25. The Kier molecular flexibility index (Phi) is 8.06. The lowest BCUT2D eigenvalue weighted by molar-refractivity contribution is 0.0264. The molecule has 0 radical (unpaired) electrons. The number of nitrogens with one attached hydrogen (secondary N) is 1. The van der Waals surface area contributed by atoms with Crippen LogP contribution in [-0.4, -0.2) is 63.0 Å². The quantitative estimate of drug-likeness (QED) is 0.406. The van der Waals surface area contributed by atoms with Crippen LogP contribution in [0.2, 0.25) is 0 Å². The fraction of sp³-hybridized carbons (Fsp3) is 0.952. The second-order valence-corrected chi connectivity index (χ2v) is 8.40. The van der Waals surface area contributed by atoms with Crippen LogP contribution in [0.4, 0.5) is 0 Å². The van der Waals surface area contributed by atoms with Crippen LogP contribution in [0, 0.1) is 5.41 Å². The van der Waals surface area contributed by atoms with Crippen molar-refractivity contribution in [2.45, 2.75) is 77.2 Å². The molecule has 150 valence electrons. The van der Waals surface area contributed by atoms with Crippen LogP contribution in [0.5, 0.6) is 0 Å². The molecule has 2 heterocycles. The van der Waals surface area contributed by atoms with E-state index in [-0.39, 0.29) is 0 Å². The minimum atomic E-state index is 0.395. The number of ether oxygens (including phenoxy) is 2. The van der Waals surface area contributed by atoms with Gasteiger partial charge in [-0.3, -0.25) is 4.99 Å². The number of aliphatic imine (C=N–C) groups is 1. The van der Waals surface area contributed by atoms with Gasteiger partial charge in [0, 0.05) is 44.8 Å². The van der Waals surface area contributed by atoms with Gasteiger partial charge in [0.15, 0.2) is 5.96 Å². The Labute approximate surface area is 159 Å². The molecule has 0 aromatic heterocycles. The highest BCUT2D eigenvalue weighted by Crippen LogP contribution is 2.38. The normalized spacial score (nSPS) is 27.6. The minimum Gasteiger partial charge on any atom is -0.381 e. The molecule has 0 aromatic carbocycles. The molecule has 0 amide bonds. The van der Waals surface area contributed by atoms with E-state index in [4.69, 9.17) is 14.5 Å². The number of hydrogen-bond donors (Lipinski definition) is 1. The highest BCUT2D eigenvalue weighted by Gasteiger charge is 2.42. The summed E-state index contributed by atoms with van der Waals surface area (Å²) in [4.78, 5) is 7.34. The molecule has 3 rings (SSSR count). The molecule has 2 saturated heterocycles. The third-order valence-electron chi connectivity index (χ3n) is 6.23. The fourth-order valence-corrected chi connectivity index (χ4v) is 4.57. The molecule has 3 fully saturated rings.